The molecule has 7 heteroatoms. The van der Waals surface area contributed by atoms with Crippen LogP contribution in [0.5, 0.6) is 5.75 Å². The summed E-state index contributed by atoms with van der Waals surface area (Å²) in [5.74, 6) is 0.628. The quantitative estimate of drug-likeness (QED) is 0.486. The second-order valence-electron chi connectivity index (χ2n) is 7.10. The van der Waals surface area contributed by atoms with E-state index >= 15 is 0 Å². The number of morpholine rings is 1. The third kappa shape index (κ3) is 6.49. The van der Waals surface area contributed by atoms with E-state index in [0.717, 1.165) is 37.4 Å². The maximum Gasteiger partial charge on any atom is 0.319 e. The van der Waals surface area contributed by atoms with Crippen LogP contribution in [0.15, 0.2) is 48.5 Å². The molecule has 1 saturated heterocycles. The summed E-state index contributed by atoms with van der Waals surface area (Å²) in [6.45, 7) is 5.85. The van der Waals surface area contributed by atoms with E-state index in [4.69, 9.17) is 9.47 Å². The fraction of sp³-hybridized carbons (Fsp3) is 0.391. The van der Waals surface area contributed by atoms with Gasteiger partial charge in [-0.3, -0.25) is 4.79 Å². The Bertz CT molecular complexity index is 815. The highest BCUT2D eigenvalue weighted by atomic mass is 16.5. The topological polar surface area (TPSA) is 79.9 Å². The number of hydrogen-bond acceptors (Lipinski definition) is 5. The Morgan fingerprint density at radius 3 is 2.40 bits per heavy atom. The smallest absolute Gasteiger partial charge is 0.319 e. The molecular formula is C23H29N3O4. The summed E-state index contributed by atoms with van der Waals surface area (Å²) in [6.07, 6.45) is 2.09. The van der Waals surface area contributed by atoms with Crippen molar-refractivity contribution in [2.45, 2.75) is 19.8 Å². The summed E-state index contributed by atoms with van der Waals surface area (Å²) in [4.78, 5) is 26.7. The number of ketones is 1. The predicted molar refractivity (Wildman–Crippen MR) is 118 cm³/mol. The average molecular weight is 412 g/mol. The molecule has 1 fully saturated rings. The van der Waals surface area contributed by atoms with Crippen molar-refractivity contribution in [2.24, 2.45) is 0 Å². The number of nitrogens with one attached hydrogen (secondary N) is 2. The molecular weight excluding hydrogens is 382 g/mol. The van der Waals surface area contributed by atoms with Crippen molar-refractivity contribution >= 4 is 23.2 Å². The molecule has 3 rings (SSSR count). The first-order valence-electron chi connectivity index (χ1n) is 10.4. The molecule has 2 N–H and O–H groups in total. The van der Waals surface area contributed by atoms with Gasteiger partial charge in [0.1, 0.15) is 5.75 Å². The van der Waals surface area contributed by atoms with Gasteiger partial charge in [-0.25, -0.2) is 4.79 Å². The summed E-state index contributed by atoms with van der Waals surface area (Å²) >= 11 is 0. The molecule has 0 aromatic heterocycles. The number of unbranched alkanes of at least 4 members (excludes halogenated alkanes) is 1. The fourth-order valence-corrected chi connectivity index (χ4v) is 3.09. The van der Waals surface area contributed by atoms with E-state index in [1.807, 2.05) is 24.3 Å². The fourth-order valence-electron chi connectivity index (χ4n) is 3.09. The zero-order valence-electron chi connectivity index (χ0n) is 17.4. The van der Waals surface area contributed by atoms with Crippen LogP contribution in [0.3, 0.4) is 0 Å². The molecule has 30 heavy (non-hydrogen) atoms. The summed E-state index contributed by atoms with van der Waals surface area (Å²) in [5.41, 5.74) is 2.28. The molecule has 2 aromatic carbocycles. The van der Waals surface area contributed by atoms with Crippen LogP contribution in [-0.4, -0.2) is 51.3 Å². The van der Waals surface area contributed by atoms with Gasteiger partial charge < -0.3 is 25.0 Å². The second kappa shape index (κ2) is 11.2. The highest BCUT2D eigenvalue weighted by Crippen LogP contribution is 2.17. The van der Waals surface area contributed by atoms with Crippen LogP contribution in [0.1, 0.15) is 30.1 Å². The summed E-state index contributed by atoms with van der Waals surface area (Å²) in [7, 11) is 0. The number of hydrogen-bond donors (Lipinski definition) is 2. The van der Waals surface area contributed by atoms with E-state index in [0.29, 0.717) is 31.1 Å². The molecule has 0 unspecified atom stereocenters. The van der Waals surface area contributed by atoms with Gasteiger partial charge in [-0.1, -0.05) is 13.3 Å². The Kier molecular flexibility index (Phi) is 8.09. The van der Waals surface area contributed by atoms with E-state index in [-0.39, 0.29) is 12.3 Å². The maximum atomic E-state index is 12.4. The minimum Gasteiger partial charge on any atom is -0.494 e. The van der Waals surface area contributed by atoms with Gasteiger partial charge in [-0.2, -0.15) is 0 Å². The van der Waals surface area contributed by atoms with E-state index in [2.05, 4.69) is 22.5 Å². The van der Waals surface area contributed by atoms with Crippen LogP contribution in [0, 0.1) is 0 Å². The van der Waals surface area contributed by atoms with Gasteiger partial charge in [0.15, 0.2) is 5.78 Å². The van der Waals surface area contributed by atoms with Crippen molar-refractivity contribution in [3.8, 4) is 5.75 Å². The van der Waals surface area contributed by atoms with Gasteiger partial charge >= 0.3 is 6.03 Å². The molecule has 1 aliphatic rings. The average Bonchev–Trinajstić information content (AvgIpc) is 2.79. The zero-order chi connectivity index (χ0) is 21.2. The van der Waals surface area contributed by atoms with Crippen LogP contribution in [0.4, 0.5) is 16.2 Å². The number of benzene rings is 2. The SMILES string of the molecule is CCCCOc1ccc(NC(=O)NCC(=O)c2ccc(N3CCOCC3)cc2)cc1. The zero-order valence-corrected chi connectivity index (χ0v) is 17.4. The number of anilines is 2. The van der Waals surface area contributed by atoms with E-state index in [1.165, 1.54) is 0 Å². The van der Waals surface area contributed by atoms with Crippen LogP contribution < -0.4 is 20.3 Å². The van der Waals surface area contributed by atoms with Crippen LogP contribution in [-0.2, 0) is 4.74 Å². The van der Waals surface area contributed by atoms with E-state index in [9.17, 15) is 9.59 Å². The third-order valence-corrected chi connectivity index (χ3v) is 4.85. The molecule has 0 aliphatic carbocycles. The number of nitrogens with zero attached hydrogens (tertiary/aromatic N) is 1. The monoisotopic (exact) mass is 411 g/mol. The summed E-state index contributed by atoms with van der Waals surface area (Å²) in [6, 6.07) is 14.2. The molecule has 160 valence electrons. The van der Waals surface area contributed by atoms with Crippen LogP contribution in [0.25, 0.3) is 0 Å². The molecule has 7 nitrogen and oxygen atoms in total. The Morgan fingerprint density at radius 2 is 1.73 bits per heavy atom. The molecule has 2 amide bonds. The van der Waals surface area contributed by atoms with E-state index in [1.54, 1.807) is 24.3 Å². The normalized spacial score (nSPS) is 13.6. The maximum absolute atomic E-state index is 12.4. The lowest BCUT2D eigenvalue weighted by atomic mass is 10.1. The Labute approximate surface area is 177 Å². The van der Waals surface area contributed by atoms with Crippen molar-refractivity contribution in [1.82, 2.24) is 5.32 Å². The van der Waals surface area contributed by atoms with Gasteiger partial charge in [0.25, 0.3) is 0 Å². The first-order valence-corrected chi connectivity index (χ1v) is 10.4. The Hall–Kier alpha value is -3.06. The van der Waals surface area contributed by atoms with Gasteiger partial charge in [-0.15, -0.1) is 0 Å². The van der Waals surface area contributed by atoms with Gasteiger partial charge in [0, 0.05) is 30.0 Å². The summed E-state index contributed by atoms with van der Waals surface area (Å²) < 4.78 is 11.0. The Balaban J connectivity index is 1.43. The second-order valence-corrected chi connectivity index (χ2v) is 7.10. The number of carbonyl (C=O) groups is 2. The lowest BCUT2D eigenvalue weighted by Crippen LogP contribution is -2.36. The lowest BCUT2D eigenvalue weighted by Gasteiger charge is -2.28. The van der Waals surface area contributed by atoms with E-state index < -0.39 is 6.03 Å². The number of Topliss-reactive ketones (excluding diaryl/α,β-unsaturated/α-hetero) is 1. The molecule has 0 spiro atoms. The first-order chi connectivity index (χ1) is 14.7. The largest absolute Gasteiger partial charge is 0.494 e. The summed E-state index contributed by atoms with van der Waals surface area (Å²) in [5, 5.41) is 5.33. The number of ether oxygens (including phenoxy) is 2. The van der Waals surface area contributed by atoms with Crippen LogP contribution >= 0.6 is 0 Å². The molecule has 1 heterocycles. The van der Waals surface area contributed by atoms with Crippen molar-refractivity contribution < 1.29 is 19.1 Å². The number of rotatable bonds is 9. The van der Waals surface area contributed by atoms with Crippen molar-refractivity contribution in [3.63, 3.8) is 0 Å². The molecule has 0 radical (unpaired) electrons. The number of amides is 2. The molecule has 1 aliphatic heterocycles. The van der Waals surface area contributed by atoms with Gasteiger partial charge in [-0.05, 0) is 55.0 Å². The lowest BCUT2D eigenvalue weighted by molar-refractivity contribution is 0.0993. The minimum absolute atomic E-state index is 0.0685. The van der Waals surface area contributed by atoms with Gasteiger partial charge in [0.05, 0.1) is 26.4 Å². The van der Waals surface area contributed by atoms with Crippen LogP contribution in [0.2, 0.25) is 0 Å². The molecule has 0 saturated carbocycles. The number of carbonyl (C=O) groups excluding carboxylic acids is 2. The molecule has 2 aromatic rings. The third-order valence-electron chi connectivity index (χ3n) is 4.85. The van der Waals surface area contributed by atoms with Crippen molar-refractivity contribution in [1.29, 1.82) is 0 Å². The van der Waals surface area contributed by atoms with Gasteiger partial charge in [0.2, 0.25) is 0 Å². The Morgan fingerprint density at radius 1 is 1.03 bits per heavy atom. The standard InChI is InChI=1S/C23H29N3O4/c1-2-3-14-30-21-10-6-19(7-11-21)25-23(28)24-17-22(27)18-4-8-20(9-5-18)26-12-15-29-16-13-26/h4-11H,2-3,12-17H2,1H3,(H2,24,25,28). The number of urea groups is 1. The van der Waals surface area contributed by atoms with Crippen molar-refractivity contribution in [2.75, 3.05) is 49.7 Å². The highest BCUT2D eigenvalue weighted by molar-refractivity contribution is 6.00. The van der Waals surface area contributed by atoms with Crippen molar-refractivity contribution in [3.05, 3.63) is 54.1 Å². The molecule has 0 atom stereocenters. The molecule has 0 bridgehead atoms. The highest BCUT2D eigenvalue weighted by Gasteiger charge is 2.13. The first kappa shape index (κ1) is 21.6. The minimum atomic E-state index is -0.423. The predicted octanol–water partition coefficient (Wildman–Crippen LogP) is 3.71.